The average molecular weight is 335 g/mol. The van der Waals surface area contributed by atoms with Gasteiger partial charge in [-0.3, -0.25) is 4.79 Å². The van der Waals surface area contributed by atoms with Crippen LogP contribution in [0.2, 0.25) is 0 Å². The predicted octanol–water partition coefficient (Wildman–Crippen LogP) is 3.33. The number of thiophene rings is 1. The lowest BCUT2D eigenvalue weighted by Crippen LogP contribution is -2.30. The zero-order chi connectivity index (χ0) is 16.2. The molecule has 0 saturated carbocycles. The summed E-state index contributed by atoms with van der Waals surface area (Å²) >= 11 is 1.51. The number of nitrogens with zero attached hydrogens (tertiary/aromatic N) is 1. The summed E-state index contributed by atoms with van der Waals surface area (Å²) < 4.78 is 26.8. The molecule has 0 amide bonds. The van der Waals surface area contributed by atoms with Crippen LogP contribution in [0.4, 0.5) is 0 Å². The summed E-state index contributed by atoms with van der Waals surface area (Å²) in [6, 6.07) is 9.79. The summed E-state index contributed by atoms with van der Waals surface area (Å²) in [6.07, 6.45) is 1.56. The molecular formula is C16H17NO3S2. The molecule has 1 aromatic carbocycles. The van der Waals surface area contributed by atoms with Crippen molar-refractivity contribution in [3.8, 4) is 0 Å². The Bertz CT molecular complexity index is 747. The lowest BCUT2D eigenvalue weighted by Gasteiger charge is -2.20. The van der Waals surface area contributed by atoms with E-state index in [0.29, 0.717) is 12.1 Å². The van der Waals surface area contributed by atoms with Crippen LogP contribution in [0.5, 0.6) is 0 Å². The minimum Gasteiger partial charge on any atom is -0.295 e. The largest absolute Gasteiger partial charge is 0.295 e. The van der Waals surface area contributed by atoms with Crippen LogP contribution in [-0.4, -0.2) is 25.1 Å². The van der Waals surface area contributed by atoms with E-state index >= 15 is 0 Å². The standard InChI is InChI=1S/C16H17NO3S2/c1-3-10-17(12-15-5-4-11-21-15)22(19,20)16-8-6-14(7-9-16)13(2)18/h3-9,11H,1,10,12H2,2H3. The van der Waals surface area contributed by atoms with Gasteiger partial charge < -0.3 is 0 Å². The maximum absolute atomic E-state index is 12.7. The van der Waals surface area contributed by atoms with Crippen molar-refractivity contribution in [2.45, 2.75) is 18.4 Å². The Balaban J connectivity index is 2.31. The number of Topliss-reactive ketones (excluding diaryl/α,β-unsaturated/α-hetero) is 1. The first-order chi connectivity index (χ1) is 10.4. The Morgan fingerprint density at radius 2 is 1.95 bits per heavy atom. The second kappa shape index (κ2) is 7.00. The summed E-state index contributed by atoms with van der Waals surface area (Å²) in [5.74, 6) is -0.0921. The third-order valence-electron chi connectivity index (χ3n) is 3.14. The molecule has 0 fully saturated rings. The molecule has 0 aliphatic rings. The van der Waals surface area contributed by atoms with Crippen molar-refractivity contribution in [3.63, 3.8) is 0 Å². The lowest BCUT2D eigenvalue weighted by atomic mass is 10.2. The fraction of sp³-hybridized carbons (Fsp3) is 0.188. The highest BCUT2D eigenvalue weighted by molar-refractivity contribution is 7.89. The van der Waals surface area contributed by atoms with Gasteiger partial charge in [-0.2, -0.15) is 4.31 Å². The van der Waals surface area contributed by atoms with Gasteiger partial charge in [-0.25, -0.2) is 8.42 Å². The van der Waals surface area contributed by atoms with E-state index in [-0.39, 0.29) is 17.2 Å². The van der Waals surface area contributed by atoms with Gasteiger partial charge in [0.05, 0.1) is 4.90 Å². The van der Waals surface area contributed by atoms with E-state index in [9.17, 15) is 13.2 Å². The molecule has 2 rings (SSSR count). The van der Waals surface area contributed by atoms with Crippen molar-refractivity contribution < 1.29 is 13.2 Å². The topological polar surface area (TPSA) is 54.5 Å². The first-order valence-electron chi connectivity index (χ1n) is 6.69. The number of rotatable bonds is 7. The molecule has 1 heterocycles. The van der Waals surface area contributed by atoms with Crippen LogP contribution in [0.15, 0.2) is 59.3 Å². The van der Waals surface area contributed by atoms with Crippen molar-refractivity contribution in [1.82, 2.24) is 4.31 Å². The molecule has 0 N–H and O–H groups in total. The van der Waals surface area contributed by atoms with E-state index in [4.69, 9.17) is 0 Å². The van der Waals surface area contributed by atoms with E-state index < -0.39 is 10.0 Å². The van der Waals surface area contributed by atoms with Gasteiger partial charge in [0.2, 0.25) is 10.0 Å². The average Bonchev–Trinajstić information content (AvgIpc) is 3.00. The van der Waals surface area contributed by atoms with Gasteiger partial charge in [0.25, 0.3) is 0 Å². The number of carbonyl (C=O) groups excluding carboxylic acids is 1. The first kappa shape index (κ1) is 16.6. The van der Waals surface area contributed by atoms with Crippen LogP contribution in [0.3, 0.4) is 0 Å². The molecule has 6 heteroatoms. The van der Waals surface area contributed by atoms with Crippen molar-refractivity contribution in [3.05, 3.63) is 64.9 Å². The van der Waals surface area contributed by atoms with E-state index in [0.717, 1.165) is 4.88 Å². The van der Waals surface area contributed by atoms with Gasteiger partial charge in [0, 0.05) is 23.5 Å². The van der Waals surface area contributed by atoms with E-state index in [1.54, 1.807) is 6.08 Å². The summed E-state index contributed by atoms with van der Waals surface area (Å²) in [5, 5.41) is 1.91. The molecule has 0 atom stereocenters. The monoisotopic (exact) mass is 335 g/mol. The minimum absolute atomic E-state index is 0.0921. The number of hydrogen-bond acceptors (Lipinski definition) is 4. The summed E-state index contributed by atoms with van der Waals surface area (Å²) in [7, 11) is -3.62. The Labute approximate surface area is 134 Å². The number of ketones is 1. The molecule has 0 saturated heterocycles. The van der Waals surface area contributed by atoms with E-state index in [2.05, 4.69) is 6.58 Å². The minimum atomic E-state index is -3.62. The fourth-order valence-electron chi connectivity index (χ4n) is 1.98. The molecule has 0 spiro atoms. The van der Waals surface area contributed by atoms with Crippen molar-refractivity contribution in [2.24, 2.45) is 0 Å². The Kier molecular flexibility index (Phi) is 5.28. The van der Waals surface area contributed by atoms with Gasteiger partial charge >= 0.3 is 0 Å². The quantitative estimate of drug-likeness (QED) is 0.576. The third kappa shape index (κ3) is 3.71. The van der Waals surface area contributed by atoms with Crippen LogP contribution in [0, 0.1) is 0 Å². The van der Waals surface area contributed by atoms with Crippen LogP contribution >= 0.6 is 11.3 Å². The molecule has 0 bridgehead atoms. The van der Waals surface area contributed by atoms with Crippen LogP contribution in [-0.2, 0) is 16.6 Å². The van der Waals surface area contributed by atoms with Crippen LogP contribution in [0.25, 0.3) is 0 Å². The number of benzene rings is 1. The second-order valence-corrected chi connectivity index (χ2v) is 7.72. The molecule has 1 aromatic heterocycles. The predicted molar refractivity (Wildman–Crippen MR) is 88.6 cm³/mol. The van der Waals surface area contributed by atoms with Crippen molar-refractivity contribution in [1.29, 1.82) is 0 Å². The molecule has 22 heavy (non-hydrogen) atoms. The summed E-state index contributed by atoms with van der Waals surface area (Å²) in [4.78, 5) is 12.4. The second-order valence-electron chi connectivity index (χ2n) is 4.75. The van der Waals surface area contributed by atoms with Crippen molar-refractivity contribution >= 4 is 27.1 Å². The van der Waals surface area contributed by atoms with E-state index in [1.807, 2.05) is 17.5 Å². The number of hydrogen-bond donors (Lipinski definition) is 0. The highest BCUT2D eigenvalue weighted by atomic mass is 32.2. The van der Waals surface area contributed by atoms with Gasteiger partial charge in [-0.05, 0) is 30.5 Å². The molecule has 116 valence electrons. The molecule has 0 aliphatic carbocycles. The van der Waals surface area contributed by atoms with Gasteiger partial charge in [0.15, 0.2) is 5.78 Å². The third-order valence-corrected chi connectivity index (χ3v) is 5.83. The fourth-order valence-corrected chi connectivity index (χ4v) is 4.17. The molecular weight excluding hydrogens is 318 g/mol. The zero-order valence-corrected chi connectivity index (χ0v) is 13.9. The van der Waals surface area contributed by atoms with Gasteiger partial charge in [-0.1, -0.05) is 24.3 Å². The SMILES string of the molecule is C=CCN(Cc1cccs1)S(=O)(=O)c1ccc(C(C)=O)cc1. The number of sulfonamides is 1. The van der Waals surface area contributed by atoms with E-state index in [1.165, 1.54) is 46.8 Å². The Hall–Kier alpha value is -1.76. The Morgan fingerprint density at radius 1 is 1.27 bits per heavy atom. The number of carbonyl (C=O) groups is 1. The normalized spacial score (nSPS) is 11.5. The first-order valence-corrected chi connectivity index (χ1v) is 9.01. The van der Waals surface area contributed by atoms with Crippen molar-refractivity contribution in [2.75, 3.05) is 6.54 Å². The highest BCUT2D eigenvalue weighted by Crippen LogP contribution is 2.21. The van der Waals surface area contributed by atoms with Crippen LogP contribution < -0.4 is 0 Å². The van der Waals surface area contributed by atoms with Gasteiger partial charge in [0.1, 0.15) is 0 Å². The molecule has 0 aliphatic heterocycles. The Morgan fingerprint density at radius 3 is 2.45 bits per heavy atom. The smallest absolute Gasteiger partial charge is 0.243 e. The summed E-state index contributed by atoms with van der Waals surface area (Å²) in [6.45, 7) is 5.61. The van der Waals surface area contributed by atoms with Crippen LogP contribution in [0.1, 0.15) is 22.2 Å². The molecule has 0 unspecified atom stereocenters. The molecule has 4 nitrogen and oxygen atoms in total. The maximum atomic E-state index is 12.7. The zero-order valence-electron chi connectivity index (χ0n) is 12.2. The molecule has 2 aromatic rings. The summed E-state index contributed by atoms with van der Waals surface area (Å²) in [5.41, 5.74) is 0.493. The highest BCUT2D eigenvalue weighted by Gasteiger charge is 2.24. The molecule has 0 radical (unpaired) electrons. The lowest BCUT2D eigenvalue weighted by molar-refractivity contribution is 0.101. The maximum Gasteiger partial charge on any atom is 0.243 e. The van der Waals surface area contributed by atoms with Gasteiger partial charge in [-0.15, -0.1) is 17.9 Å².